The molecule has 5 heteroatoms. The summed E-state index contributed by atoms with van der Waals surface area (Å²) < 4.78 is 0. The van der Waals surface area contributed by atoms with E-state index >= 15 is 0 Å². The maximum Gasteiger partial charge on any atom is 0.274 e. The molecular formula is C14H12N4O. The van der Waals surface area contributed by atoms with E-state index in [1.165, 1.54) is 12.4 Å². The molecule has 1 amide bonds. The van der Waals surface area contributed by atoms with Crippen molar-refractivity contribution in [1.82, 2.24) is 15.3 Å². The lowest BCUT2D eigenvalue weighted by Gasteiger charge is -2.01. The van der Waals surface area contributed by atoms with Gasteiger partial charge in [0.1, 0.15) is 0 Å². The van der Waals surface area contributed by atoms with Gasteiger partial charge in [-0.1, -0.05) is 30.0 Å². The molecule has 1 aromatic carbocycles. The number of amides is 1. The first-order chi connectivity index (χ1) is 9.27. The fourth-order valence-corrected chi connectivity index (χ4v) is 1.40. The lowest BCUT2D eigenvalue weighted by molar-refractivity contribution is 0.0954. The number of nitrogens with zero attached hydrogens (tertiary/aromatic N) is 2. The highest BCUT2D eigenvalue weighted by molar-refractivity contribution is 5.96. The van der Waals surface area contributed by atoms with E-state index in [1.807, 2.05) is 30.3 Å². The zero-order valence-electron chi connectivity index (χ0n) is 10.1. The number of benzene rings is 1. The van der Waals surface area contributed by atoms with Crippen LogP contribution in [-0.2, 0) is 0 Å². The number of anilines is 1. The molecule has 0 aliphatic heterocycles. The van der Waals surface area contributed by atoms with Gasteiger partial charge in [0.15, 0.2) is 11.5 Å². The molecule has 0 atom stereocenters. The van der Waals surface area contributed by atoms with Crippen molar-refractivity contribution < 1.29 is 4.79 Å². The summed E-state index contributed by atoms with van der Waals surface area (Å²) in [6, 6.07) is 9.53. The lowest BCUT2D eigenvalue weighted by atomic mass is 10.2. The normalized spacial score (nSPS) is 9.26. The van der Waals surface area contributed by atoms with E-state index < -0.39 is 0 Å². The van der Waals surface area contributed by atoms with Crippen molar-refractivity contribution in [2.24, 2.45) is 0 Å². The second-order valence-electron chi connectivity index (χ2n) is 3.64. The molecule has 0 unspecified atom stereocenters. The molecule has 19 heavy (non-hydrogen) atoms. The molecule has 0 spiro atoms. The van der Waals surface area contributed by atoms with Gasteiger partial charge in [0.05, 0.1) is 6.54 Å². The first kappa shape index (κ1) is 12.6. The van der Waals surface area contributed by atoms with E-state index in [2.05, 4.69) is 27.1 Å². The molecule has 0 saturated carbocycles. The van der Waals surface area contributed by atoms with Crippen LogP contribution < -0.4 is 11.1 Å². The van der Waals surface area contributed by atoms with Crippen molar-refractivity contribution in [2.75, 3.05) is 12.3 Å². The van der Waals surface area contributed by atoms with Gasteiger partial charge < -0.3 is 11.1 Å². The van der Waals surface area contributed by atoms with Crippen LogP contribution in [0.1, 0.15) is 16.1 Å². The minimum Gasteiger partial charge on any atom is -0.382 e. The number of carbonyl (C=O) groups is 1. The Morgan fingerprint density at radius 1 is 1.21 bits per heavy atom. The molecule has 0 saturated heterocycles. The SMILES string of the molecule is Nc1nccnc1C(=O)NCC#Cc1ccccc1. The molecule has 2 aromatic rings. The minimum absolute atomic E-state index is 0.107. The minimum atomic E-state index is -0.382. The highest BCUT2D eigenvalue weighted by Crippen LogP contribution is 2.01. The summed E-state index contributed by atoms with van der Waals surface area (Å²) >= 11 is 0. The zero-order chi connectivity index (χ0) is 13.5. The van der Waals surface area contributed by atoms with E-state index in [1.54, 1.807) is 0 Å². The number of carbonyl (C=O) groups excluding carboxylic acids is 1. The van der Waals surface area contributed by atoms with Crippen LogP contribution >= 0.6 is 0 Å². The highest BCUT2D eigenvalue weighted by Gasteiger charge is 2.09. The van der Waals surface area contributed by atoms with E-state index in [0.29, 0.717) is 0 Å². The van der Waals surface area contributed by atoms with Gasteiger partial charge in [0, 0.05) is 18.0 Å². The van der Waals surface area contributed by atoms with Gasteiger partial charge in [0.2, 0.25) is 0 Å². The first-order valence-electron chi connectivity index (χ1n) is 5.66. The summed E-state index contributed by atoms with van der Waals surface area (Å²) in [6.45, 7) is 0.226. The Hall–Kier alpha value is -2.87. The number of nitrogens with two attached hydrogens (primary N) is 1. The second kappa shape index (κ2) is 6.17. The van der Waals surface area contributed by atoms with Gasteiger partial charge in [0.25, 0.3) is 5.91 Å². The third kappa shape index (κ3) is 3.54. The van der Waals surface area contributed by atoms with Crippen LogP contribution in [0.5, 0.6) is 0 Å². The van der Waals surface area contributed by atoms with Crippen molar-refractivity contribution in [3.05, 3.63) is 54.0 Å². The van der Waals surface area contributed by atoms with Crippen LogP contribution in [0.2, 0.25) is 0 Å². The largest absolute Gasteiger partial charge is 0.382 e. The number of aromatic nitrogens is 2. The van der Waals surface area contributed by atoms with Crippen LogP contribution in [-0.4, -0.2) is 22.4 Å². The Morgan fingerprint density at radius 2 is 1.95 bits per heavy atom. The molecule has 0 aliphatic carbocycles. The molecule has 0 radical (unpaired) electrons. The number of rotatable bonds is 2. The smallest absolute Gasteiger partial charge is 0.274 e. The molecule has 2 rings (SSSR count). The maximum absolute atomic E-state index is 11.7. The highest BCUT2D eigenvalue weighted by atomic mass is 16.1. The van der Waals surface area contributed by atoms with Crippen LogP contribution in [0, 0.1) is 11.8 Å². The molecular weight excluding hydrogens is 240 g/mol. The van der Waals surface area contributed by atoms with E-state index in [0.717, 1.165) is 5.56 Å². The molecule has 94 valence electrons. The average molecular weight is 252 g/mol. The Kier molecular flexibility index (Phi) is 4.09. The van der Waals surface area contributed by atoms with Crippen molar-refractivity contribution in [2.45, 2.75) is 0 Å². The lowest BCUT2D eigenvalue weighted by Crippen LogP contribution is -2.25. The van der Waals surface area contributed by atoms with Gasteiger partial charge in [-0.2, -0.15) is 0 Å². The summed E-state index contributed by atoms with van der Waals surface area (Å²) in [4.78, 5) is 19.4. The number of hydrogen-bond acceptors (Lipinski definition) is 4. The molecule has 1 aromatic heterocycles. The summed E-state index contributed by atoms with van der Waals surface area (Å²) in [7, 11) is 0. The summed E-state index contributed by atoms with van der Waals surface area (Å²) in [5, 5.41) is 2.61. The number of hydrogen-bond donors (Lipinski definition) is 2. The van der Waals surface area contributed by atoms with Crippen molar-refractivity contribution >= 4 is 11.7 Å². The fraction of sp³-hybridized carbons (Fsp3) is 0.0714. The standard InChI is InChI=1S/C14H12N4O/c15-13-12(16-9-10-17-13)14(19)18-8-4-7-11-5-2-1-3-6-11/h1-3,5-6,9-10H,8H2,(H2,15,17)(H,18,19). The molecule has 3 N–H and O–H groups in total. The molecule has 5 nitrogen and oxygen atoms in total. The van der Waals surface area contributed by atoms with Gasteiger partial charge >= 0.3 is 0 Å². The third-order valence-electron chi connectivity index (χ3n) is 2.29. The van der Waals surface area contributed by atoms with Crippen molar-refractivity contribution in [1.29, 1.82) is 0 Å². The van der Waals surface area contributed by atoms with Gasteiger partial charge in [-0.25, -0.2) is 9.97 Å². The number of nitrogens with one attached hydrogen (secondary N) is 1. The summed E-state index contributed by atoms with van der Waals surface area (Å²) in [5.41, 5.74) is 6.56. The third-order valence-corrected chi connectivity index (χ3v) is 2.29. The van der Waals surface area contributed by atoms with Crippen LogP contribution in [0.15, 0.2) is 42.7 Å². The average Bonchev–Trinajstić information content (AvgIpc) is 2.45. The first-order valence-corrected chi connectivity index (χ1v) is 5.66. The molecule has 0 bridgehead atoms. The van der Waals surface area contributed by atoms with Crippen molar-refractivity contribution in [3.8, 4) is 11.8 Å². The maximum atomic E-state index is 11.7. The summed E-state index contributed by atoms with van der Waals surface area (Å²) in [6.07, 6.45) is 2.85. The Bertz CT molecular complexity index is 629. The monoisotopic (exact) mass is 252 g/mol. The summed E-state index contributed by atoms with van der Waals surface area (Å²) in [5.74, 6) is 5.51. The van der Waals surface area contributed by atoms with E-state index in [-0.39, 0.29) is 24.0 Å². The van der Waals surface area contributed by atoms with Gasteiger partial charge in [-0.05, 0) is 12.1 Å². The number of nitrogen functional groups attached to an aromatic ring is 1. The van der Waals surface area contributed by atoms with Gasteiger partial charge in [-0.15, -0.1) is 0 Å². The fourth-order valence-electron chi connectivity index (χ4n) is 1.40. The van der Waals surface area contributed by atoms with Crippen LogP contribution in [0.4, 0.5) is 5.82 Å². The van der Waals surface area contributed by atoms with Crippen LogP contribution in [0.25, 0.3) is 0 Å². The van der Waals surface area contributed by atoms with Crippen LogP contribution in [0.3, 0.4) is 0 Å². The Balaban J connectivity index is 1.92. The zero-order valence-corrected chi connectivity index (χ0v) is 10.1. The van der Waals surface area contributed by atoms with E-state index in [9.17, 15) is 4.79 Å². The van der Waals surface area contributed by atoms with E-state index in [4.69, 9.17) is 5.73 Å². The quantitative estimate of drug-likeness (QED) is 0.776. The van der Waals surface area contributed by atoms with Gasteiger partial charge in [-0.3, -0.25) is 4.79 Å². The molecule has 0 aliphatic rings. The topological polar surface area (TPSA) is 80.9 Å². The second-order valence-corrected chi connectivity index (χ2v) is 3.64. The predicted molar refractivity (Wildman–Crippen MR) is 72.1 cm³/mol. The van der Waals surface area contributed by atoms with Crippen molar-refractivity contribution in [3.63, 3.8) is 0 Å². The Labute approximate surface area is 110 Å². The molecule has 1 heterocycles. The molecule has 0 fully saturated rings. The predicted octanol–water partition coefficient (Wildman–Crippen LogP) is 0.840. The Morgan fingerprint density at radius 3 is 2.68 bits per heavy atom.